The van der Waals surface area contributed by atoms with Gasteiger partial charge in [-0.15, -0.1) is 0 Å². The van der Waals surface area contributed by atoms with E-state index in [1.54, 1.807) is 0 Å². The maximum Gasteiger partial charge on any atom is 0.413 e. The number of methoxy groups -OCH3 is 1. The first-order valence-corrected chi connectivity index (χ1v) is 8.96. The summed E-state index contributed by atoms with van der Waals surface area (Å²) in [5.41, 5.74) is 2.40. The number of carbonyl (C=O) groups is 2. The van der Waals surface area contributed by atoms with Crippen molar-refractivity contribution >= 4 is 18.1 Å². The molecule has 2 amide bonds. The van der Waals surface area contributed by atoms with E-state index in [1.165, 1.54) is 7.11 Å². The Labute approximate surface area is 167 Å². The highest BCUT2D eigenvalue weighted by Gasteiger charge is 2.17. The molecule has 0 saturated carbocycles. The highest BCUT2D eigenvalue weighted by Crippen LogP contribution is 2.21. The van der Waals surface area contributed by atoms with Gasteiger partial charge in [-0.05, 0) is 11.1 Å². The van der Waals surface area contributed by atoms with Crippen LogP contribution in [0.15, 0.2) is 65.1 Å². The average molecular weight is 395 g/mol. The summed E-state index contributed by atoms with van der Waals surface area (Å²) >= 11 is 0. The van der Waals surface area contributed by atoms with Crippen LogP contribution in [-0.2, 0) is 29.0 Å². The Balaban J connectivity index is 1.61. The van der Waals surface area contributed by atoms with E-state index >= 15 is 0 Å². The zero-order chi connectivity index (χ0) is 20.5. The number of nitrogens with one attached hydrogen (secondary N) is 2. The minimum atomic E-state index is -0.669. The number of ether oxygens (including phenoxy) is 2. The normalized spacial score (nSPS) is 10.2. The fourth-order valence-electron chi connectivity index (χ4n) is 2.55. The lowest BCUT2D eigenvalue weighted by molar-refractivity contribution is 0.138. The van der Waals surface area contributed by atoms with Crippen molar-refractivity contribution in [2.75, 3.05) is 12.4 Å². The van der Waals surface area contributed by atoms with Gasteiger partial charge in [-0.1, -0.05) is 60.7 Å². The van der Waals surface area contributed by atoms with Gasteiger partial charge in [0.2, 0.25) is 11.8 Å². The summed E-state index contributed by atoms with van der Waals surface area (Å²) in [7, 11) is 1.26. The monoisotopic (exact) mass is 395 g/mol. The number of amides is 2. The third-order valence-electron chi connectivity index (χ3n) is 3.95. The molecule has 0 spiro atoms. The molecule has 3 aromatic rings. The predicted molar refractivity (Wildman–Crippen MR) is 105 cm³/mol. The van der Waals surface area contributed by atoms with Crippen LogP contribution in [-0.4, -0.2) is 24.3 Å². The smallest absolute Gasteiger partial charge is 0.413 e. The fraction of sp³-hybridized carbons (Fsp3) is 0.190. The van der Waals surface area contributed by atoms with E-state index in [9.17, 15) is 9.59 Å². The molecule has 2 aromatic carbocycles. The van der Waals surface area contributed by atoms with Gasteiger partial charge in [-0.3, -0.25) is 5.32 Å². The van der Waals surface area contributed by atoms with Gasteiger partial charge in [0.05, 0.1) is 13.7 Å². The first-order valence-electron chi connectivity index (χ1n) is 8.96. The van der Waals surface area contributed by atoms with E-state index in [0.717, 1.165) is 11.1 Å². The summed E-state index contributed by atoms with van der Waals surface area (Å²) < 4.78 is 15.3. The average Bonchev–Trinajstić information content (AvgIpc) is 3.13. The summed E-state index contributed by atoms with van der Waals surface area (Å²) in [6, 6.07) is 19.0. The third-order valence-corrected chi connectivity index (χ3v) is 3.95. The molecule has 29 heavy (non-hydrogen) atoms. The Bertz CT molecular complexity index is 941. The van der Waals surface area contributed by atoms with Gasteiger partial charge in [-0.25, -0.2) is 14.6 Å². The molecule has 0 saturated heterocycles. The molecule has 3 rings (SSSR count). The lowest BCUT2D eigenvalue weighted by atomic mass is 10.1. The van der Waals surface area contributed by atoms with Crippen LogP contribution in [0.25, 0.3) is 0 Å². The fourth-order valence-corrected chi connectivity index (χ4v) is 2.55. The molecule has 0 fully saturated rings. The molecule has 0 aliphatic rings. The zero-order valence-corrected chi connectivity index (χ0v) is 15.9. The second-order valence-electron chi connectivity index (χ2n) is 6.08. The van der Waals surface area contributed by atoms with Crippen molar-refractivity contribution in [2.45, 2.75) is 19.6 Å². The second-order valence-corrected chi connectivity index (χ2v) is 6.08. The number of hydrogen-bond acceptors (Lipinski definition) is 6. The molecule has 0 bridgehead atoms. The number of aromatic nitrogens is 1. The predicted octanol–water partition coefficient (Wildman–Crippen LogP) is 3.87. The Morgan fingerprint density at radius 2 is 1.62 bits per heavy atom. The van der Waals surface area contributed by atoms with Gasteiger partial charge in [0.25, 0.3) is 0 Å². The number of alkyl carbamates (subject to hydrolysis) is 1. The molecule has 0 radical (unpaired) electrons. The summed E-state index contributed by atoms with van der Waals surface area (Å²) in [4.78, 5) is 27.9. The SMILES string of the molecule is COC(=O)Nc1oc(CNC(=O)OCc2ccccc2)nc1Cc1ccccc1. The molecule has 0 unspecified atom stereocenters. The summed E-state index contributed by atoms with van der Waals surface area (Å²) in [6.07, 6.45) is -0.821. The number of rotatable bonds is 7. The number of anilines is 1. The molecular formula is C21H21N3O5. The van der Waals surface area contributed by atoms with Crippen molar-refractivity contribution in [2.24, 2.45) is 0 Å². The van der Waals surface area contributed by atoms with Crippen molar-refractivity contribution in [3.05, 3.63) is 83.4 Å². The van der Waals surface area contributed by atoms with Crippen LogP contribution in [0.2, 0.25) is 0 Å². The standard InChI is InChI=1S/C21H21N3O5/c1-27-21(26)24-19-17(12-15-8-4-2-5-9-15)23-18(29-19)13-22-20(25)28-14-16-10-6-3-7-11-16/h2-11H,12-14H2,1H3,(H,22,25)(H,24,26). The lowest BCUT2D eigenvalue weighted by Gasteiger charge is -2.05. The largest absolute Gasteiger partial charge is 0.453 e. The van der Waals surface area contributed by atoms with Crippen molar-refractivity contribution in [1.29, 1.82) is 0 Å². The topological polar surface area (TPSA) is 103 Å². The van der Waals surface area contributed by atoms with Crippen LogP contribution in [0.4, 0.5) is 15.5 Å². The van der Waals surface area contributed by atoms with Crippen LogP contribution < -0.4 is 10.6 Å². The molecule has 8 heteroatoms. The minimum Gasteiger partial charge on any atom is -0.453 e. The number of carbonyl (C=O) groups excluding carboxylic acids is 2. The summed E-state index contributed by atoms with van der Waals surface area (Å²) in [6.45, 7) is 0.172. The van der Waals surface area contributed by atoms with Crippen molar-refractivity contribution < 1.29 is 23.5 Å². The highest BCUT2D eigenvalue weighted by molar-refractivity contribution is 5.83. The molecule has 0 atom stereocenters. The molecule has 0 aliphatic heterocycles. The minimum absolute atomic E-state index is 0.0122. The van der Waals surface area contributed by atoms with E-state index in [2.05, 4.69) is 20.4 Å². The van der Waals surface area contributed by atoms with Crippen LogP contribution in [0, 0.1) is 0 Å². The number of benzene rings is 2. The van der Waals surface area contributed by atoms with E-state index in [1.807, 2.05) is 60.7 Å². The molecule has 8 nitrogen and oxygen atoms in total. The Kier molecular flexibility index (Phi) is 6.83. The Hall–Kier alpha value is -3.81. The van der Waals surface area contributed by atoms with E-state index in [4.69, 9.17) is 9.15 Å². The second kappa shape index (κ2) is 9.93. The van der Waals surface area contributed by atoms with Gasteiger partial charge >= 0.3 is 12.2 Å². The first-order chi connectivity index (χ1) is 14.1. The van der Waals surface area contributed by atoms with Crippen LogP contribution in [0.1, 0.15) is 22.7 Å². The molecular weight excluding hydrogens is 374 g/mol. The molecule has 1 aromatic heterocycles. The van der Waals surface area contributed by atoms with Crippen molar-refractivity contribution in [3.8, 4) is 0 Å². The molecule has 2 N–H and O–H groups in total. The maximum atomic E-state index is 11.9. The number of hydrogen-bond donors (Lipinski definition) is 2. The third kappa shape index (κ3) is 6.10. The van der Waals surface area contributed by atoms with E-state index in [-0.39, 0.29) is 24.9 Å². The molecule has 1 heterocycles. The van der Waals surface area contributed by atoms with Gasteiger partial charge in [-0.2, -0.15) is 0 Å². The first kappa shape index (κ1) is 19.9. The summed E-state index contributed by atoms with van der Waals surface area (Å²) in [5.74, 6) is 0.411. The van der Waals surface area contributed by atoms with E-state index in [0.29, 0.717) is 12.1 Å². The number of oxazole rings is 1. The van der Waals surface area contributed by atoms with Gasteiger partial charge in [0, 0.05) is 6.42 Å². The van der Waals surface area contributed by atoms with E-state index < -0.39 is 12.2 Å². The zero-order valence-electron chi connectivity index (χ0n) is 15.9. The van der Waals surface area contributed by atoms with Crippen LogP contribution >= 0.6 is 0 Å². The van der Waals surface area contributed by atoms with Gasteiger partial charge in [0.15, 0.2) is 0 Å². The maximum absolute atomic E-state index is 11.9. The molecule has 150 valence electrons. The number of nitrogens with zero attached hydrogens (tertiary/aromatic N) is 1. The van der Waals surface area contributed by atoms with Gasteiger partial charge < -0.3 is 19.2 Å². The Morgan fingerprint density at radius 1 is 0.966 bits per heavy atom. The highest BCUT2D eigenvalue weighted by atomic mass is 16.5. The van der Waals surface area contributed by atoms with Crippen molar-refractivity contribution in [1.82, 2.24) is 10.3 Å². The van der Waals surface area contributed by atoms with Crippen LogP contribution in [0.3, 0.4) is 0 Å². The van der Waals surface area contributed by atoms with Gasteiger partial charge in [0.1, 0.15) is 12.3 Å². The van der Waals surface area contributed by atoms with Crippen LogP contribution in [0.5, 0.6) is 0 Å². The quantitative estimate of drug-likeness (QED) is 0.630. The lowest BCUT2D eigenvalue weighted by Crippen LogP contribution is -2.23. The van der Waals surface area contributed by atoms with Crippen molar-refractivity contribution in [3.63, 3.8) is 0 Å². The summed E-state index contributed by atoms with van der Waals surface area (Å²) in [5, 5.41) is 5.08. The Morgan fingerprint density at radius 3 is 2.28 bits per heavy atom. The molecule has 0 aliphatic carbocycles.